The van der Waals surface area contributed by atoms with E-state index < -0.39 is 0 Å². The number of halogens is 1. The fourth-order valence-electron chi connectivity index (χ4n) is 2.08. The van der Waals surface area contributed by atoms with E-state index in [4.69, 9.17) is 5.73 Å². The average Bonchev–Trinajstić information content (AvgIpc) is 2.77. The van der Waals surface area contributed by atoms with Gasteiger partial charge in [-0.3, -0.25) is 0 Å². The van der Waals surface area contributed by atoms with Crippen LogP contribution in [0.5, 0.6) is 0 Å². The number of nitrogens with zero attached hydrogens (tertiary/aromatic N) is 1. The summed E-state index contributed by atoms with van der Waals surface area (Å²) in [5.74, 6) is 0.950. The highest BCUT2D eigenvalue weighted by Crippen LogP contribution is 2.41. The predicted molar refractivity (Wildman–Crippen MR) is 67.9 cm³/mol. The van der Waals surface area contributed by atoms with Crippen LogP contribution in [0.1, 0.15) is 29.8 Å². The molecule has 3 rings (SSSR count). The molecule has 1 saturated carbocycles. The Labute approximate surface area is 101 Å². The molecular formula is C12H16ClN3. The molecule has 1 heterocycles. The largest absolute Gasteiger partial charge is 0.340 e. The van der Waals surface area contributed by atoms with E-state index in [1.165, 1.54) is 11.1 Å². The van der Waals surface area contributed by atoms with Crippen molar-refractivity contribution in [2.75, 3.05) is 0 Å². The van der Waals surface area contributed by atoms with E-state index in [-0.39, 0.29) is 17.9 Å². The molecular weight excluding hydrogens is 222 g/mol. The minimum atomic E-state index is -0.167. The van der Waals surface area contributed by atoms with E-state index in [1.54, 1.807) is 0 Å². The monoisotopic (exact) mass is 237 g/mol. The molecule has 1 fully saturated rings. The van der Waals surface area contributed by atoms with Crippen LogP contribution in [0.15, 0.2) is 12.1 Å². The van der Waals surface area contributed by atoms with Crippen LogP contribution in [-0.2, 0) is 5.54 Å². The minimum absolute atomic E-state index is 0. The number of aromatic amines is 1. The Kier molecular flexibility index (Phi) is 2.48. The summed E-state index contributed by atoms with van der Waals surface area (Å²) < 4.78 is 0. The lowest BCUT2D eigenvalue weighted by Crippen LogP contribution is -2.20. The number of benzene rings is 1. The number of hydrogen-bond acceptors (Lipinski definition) is 2. The van der Waals surface area contributed by atoms with Crippen LogP contribution in [0, 0.1) is 13.8 Å². The molecule has 0 saturated heterocycles. The fourth-order valence-corrected chi connectivity index (χ4v) is 2.08. The van der Waals surface area contributed by atoms with Gasteiger partial charge in [-0.25, -0.2) is 4.98 Å². The number of aryl methyl sites for hydroxylation is 2. The summed E-state index contributed by atoms with van der Waals surface area (Å²) in [6.45, 7) is 4.19. The van der Waals surface area contributed by atoms with Crippen molar-refractivity contribution in [3.63, 3.8) is 0 Å². The van der Waals surface area contributed by atoms with E-state index in [1.807, 2.05) is 0 Å². The number of imidazole rings is 1. The molecule has 0 unspecified atom stereocenters. The maximum atomic E-state index is 6.13. The van der Waals surface area contributed by atoms with Crippen LogP contribution < -0.4 is 5.73 Å². The second-order valence-electron chi connectivity index (χ2n) is 4.72. The Bertz CT molecular complexity index is 540. The zero-order chi connectivity index (χ0) is 10.6. The van der Waals surface area contributed by atoms with Gasteiger partial charge in [0.2, 0.25) is 0 Å². The van der Waals surface area contributed by atoms with Crippen molar-refractivity contribution < 1.29 is 0 Å². The van der Waals surface area contributed by atoms with E-state index in [2.05, 4.69) is 35.9 Å². The van der Waals surface area contributed by atoms with Gasteiger partial charge in [-0.05, 0) is 43.9 Å². The molecule has 4 heteroatoms. The fraction of sp³-hybridized carbons (Fsp3) is 0.417. The van der Waals surface area contributed by atoms with Gasteiger partial charge in [0.05, 0.1) is 16.6 Å². The van der Waals surface area contributed by atoms with Crippen LogP contribution in [0.2, 0.25) is 0 Å². The standard InChI is InChI=1S/C12H15N3.ClH/c1-7-5-8(2)10-9(6-7)14-11(15-10)12(13)3-4-12;/h5-6H,3-4,13H2,1-2H3,(H,14,15);1H. The average molecular weight is 238 g/mol. The summed E-state index contributed by atoms with van der Waals surface area (Å²) in [6, 6.07) is 4.29. The number of aromatic nitrogens is 2. The van der Waals surface area contributed by atoms with Crippen molar-refractivity contribution >= 4 is 23.4 Å². The number of nitrogens with two attached hydrogens (primary N) is 1. The lowest BCUT2D eigenvalue weighted by Gasteiger charge is -2.01. The Hall–Kier alpha value is -1.06. The highest BCUT2D eigenvalue weighted by atomic mass is 35.5. The third kappa shape index (κ3) is 1.60. The van der Waals surface area contributed by atoms with Gasteiger partial charge in [0, 0.05) is 0 Å². The van der Waals surface area contributed by atoms with Crippen molar-refractivity contribution in [3.8, 4) is 0 Å². The highest BCUT2D eigenvalue weighted by Gasteiger charge is 2.43. The number of nitrogens with one attached hydrogen (secondary N) is 1. The van der Waals surface area contributed by atoms with Gasteiger partial charge >= 0.3 is 0 Å². The quantitative estimate of drug-likeness (QED) is 0.801. The topological polar surface area (TPSA) is 54.7 Å². The third-order valence-electron chi connectivity index (χ3n) is 3.18. The number of H-pyrrole nitrogens is 1. The summed E-state index contributed by atoms with van der Waals surface area (Å²) in [5, 5.41) is 0. The number of rotatable bonds is 1. The lowest BCUT2D eigenvalue weighted by molar-refractivity contribution is 0.688. The summed E-state index contributed by atoms with van der Waals surface area (Å²) in [4.78, 5) is 7.95. The highest BCUT2D eigenvalue weighted by molar-refractivity contribution is 5.85. The molecule has 1 aromatic heterocycles. The van der Waals surface area contributed by atoms with Crippen molar-refractivity contribution in [1.29, 1.82) is 0 Å². The molecule has 1 aromatic carbocycles. The summed E-state index contributed by atoms with van der Waals surface area (Å²) in [7, 11) is 0. The molecule has 2 aromatic rings. The van der Waals surface area contributed by atoms with Crippen molar-refractivity contribution in [1.82, 2.24) is 9.97 Å². The molecule has 16 heavy (non-hydrogen) atoms. The SMILES string of the molecule is Cc1cc(C)c2nc(C3(N)CC3)[nH]c2c1.Cl. The second kappa shape index (κ2) is 3.47. The summed E-state index contributed by atoms with van der Waals surface area (Å²) in [6.07, 6.45) is 2.09. The van der Waals surface area contributed by atoms with E-state index in [0.29, 0.717) is 0 Å². The van der Waals surface area contributed by atoms with Gasteiger partial charge in [0.15, 0.2) is 0 Å². The molecule has 0 radical (unpaired) electrons. The number of fused-ring (bicyclic) bond motifs is 1. The first-order valence-electron chi connectivity index (χ1n) is 5.35. The summed E-state index contributed by atoms with van der Waals surface area (Å²) >= 11 is 0. The molecule has 0 amide bonds. The maximum absolute atomic E-state index is 6.13. The minimum Gasteiger partial charge on any atom is -0.340 e. The van der Waals surface area contributed by atoms with Gasteiger partial charge < -0.3 is 10.7 Å². The molecule has 3 nitrogen and oxygen atoms in total. The smallest absolute Gasteiger partial charge is 0.127 e. The third-order valence-corrected chi connectivity index (χ3v) is 3.18. The zero-order valence-electron chi connectivity index (χ0n) is 9.50. The summed E-state index contributed by atoms with van der Waals surface area (Å²) in [5.41, 5.74) is 10.6. The van der Waals surface area contributed by atoms with Gasteiger partial charge in [-0.1, -0.05) is 6.07 Å². The van der Waals surface area contributed by atoms with Crippen LogP contribution in [0.4, 0.5) is 0 Å². The normalized spacial score (nSPS) is 17.2. The second-order valence-corrected chi connectivity index (χ2v) is 4.72. The zero-order valence-corrected chi connectivity index (χ0v) is 10.3. The lowest BCUT2D eigenvalue weighted by atomic mass is 10.1. The van der Waals surface area contributed by atoms with E-state index in [0.717, 1.165) is 29.7 Å². The van der Waals surface area contributed by atoms with Crippen molar-refractivity contribution in [3.05, 3.63) is 29.1 Å². The molecule has 0 aliphatic heterocycles. The Balaban J connectivity index is 0.000000963. The Morgan fingerprint density at radius 1 is 1.31 bits per heavy atom. The Morgan fingerprint density at radius 2 is 2.00 bits per heavy atom. The van der Waals surface area contributed by atoms with Crippen LogP contribution in [-0.4, -0.2) is 9.97 Å². The first-order valence-corrected chi connectivity index (χ1v) is 5.35. The van der Waals surface area contributed by atoms with Crippen molar-refractivity contribution in [2.24, 2.45) is 5.73 Å². The van der Waals surface area contributed by atoms with Gasteiger partial charge in [0.1, 0.15) is 5.82 Å². The molecule has 0 atom stereocenters. The maximum Gasteiger partial charge on any atom is 0.127 e. The molecule has 0 bridgehead atoms. The molecule has 86 valence electrons. The predicted octanol–water partition coefficient (Wildman–Crippen LogP) is 2.55. The number of hydrogen-bond donors (Lipinski definition) is 2. The molecule has 3 N–H and O–H groups in total. The van der Waals surface area contributed by atoms with Crippen molar-refractivity contribution in [2.45, 2.75) is 32.2 Å². The van der Waals surface area contributed by atoms with Gasteiger partial charge in [0.25, 0.3) is 0 Å². The molecule has 1 aliphatic carbocycles. The first kappa shape index (κ1) is 11.4. The van der Waals surface area contributed by atoms with Crippen LogP contribution in [0.3, 0.4) is 0 Å². The van der Waals surface area contributed by atoms with Crippen LogP contribution >= 0.6 is 12.4 Å². The molecule has 0 spiro atoms. The van der Waals surface area contributed by atoms with E-state index >= 15 is 0 Å². The van der Waals surface area contributed by atoms with E-state index in [9.17, 15) is 0 Å². The first-order chi connectivity index (χ1) is 7.08. The molecule has 1 aliphatic rings. The Morgan fingerprint density at radius 3 is 2.62 bits per heavy atom. The van der Waals surface area contributed by atoms with Gasteiger partial charge in [-0.15, -0.1) is 12.4 Å². The van der Waals surface area contributed by atoms with Gasteiger partial charge in [-0.2, -0.15) is 0 Å². The van der Waals surface area contributed by atoms with Crippen LogP contribution in [0.25, 0.3) is 11.0 Å².